The molecular weight excluding hydrogens is 354 g/mol. The first-order valence-electron chi connectivity index (χ1n) is 7.76. The molecule has 7 nitrogen and oxygen atoms in total. The van der Waals surface area contributed by atoms with Crippen LogP contribution < -0.4 is 5.32 Å². The first-order valence-corrected chi connectivity index (χ1v) is 8.81. The monoisotopic (exact) mass is 369 g/mol. The summed E-state index contributed by atoms with van der Waals surface area (Å²) in [6.07, 6.45) is 0. The molecule has 1 aliphatic heterocycles. The van der Waals surface area contributed by atoms with Crippen molar-refractivity contribution in [1.82, 2.24) is 4.90 Å². The lowest BCUT2D eigenvalue weighted by Gasteiger charge is -2.28. The molecule has 26 heavy (non-hydrogen) atoms. The lowest BCUT2D eigenvalue weighted by molar-refractivity contribution is -0.384. The van der Waals surface area contributed by atoms with E-state index < -0.39 is 10.8 Å². The quantitative estimate of drug-likeness (QED) is 0.646. The Hall–Kier alpha value is -3.13. The minimum absolute atomic E-state index is 0.113. The van der Waals surface area contributed by atoms with E-state index in [0.29, 0.717) is 11.4 Å². The summed E-state index contributed by atoms with van der Waals surface area (Å²) in [7, 11) is 0. The number of nitro groups is 1. The number of benzene rings is 2. The maximum atomic E-state index is 12.4. The van der Waals surface area contributed by atoms with Gasteiger partial charge in [-0.3, -0.25) is 19.7 Å². The summed E-state index contributed by atoms with van der Waals surface area (Å²) >= 11 is 1.39. The van der Waals surface area contributed by atoms with Crippen LogP contribution in [0.3, 0.4) is 0 Å². The number of nitro benzene ring substituents is 1. The highest BCUT2D eigenvalue weighted by Gasteiger charge is 2.25. The molecule has 0 bridgehead atoms. The van der Waals surface area contributed by atoms with Gasteiger partial charge in [0.05, 0.1) is 16.4 Å². The third-order valence-corrected chi connectivity index (χ3v) is 4.51. The number of carbonyl (C=O) groups excluding carboxylic acids is 2. The minimum atomic E-state index is -0.530. The van der Waals surface area contributed by atoms with Gasteiger partial charge in [0.15, 0.2) is 0 Å². The number of nitrogens with one attached hydrogen (secondary N) is 1. The Morgan fingerprint density at radius 1 is 1.19 bits per heavy atom. The van der Waals surface area contributed by atoms with Crippen LogP contribution in [0, 0.1) is 10.1 Å². The minimum Gasteiger partial charge on any atom is -0.324 e. The van der Waals surface area contributed by atoms with Gasteiger partial charge in [-0.15, -0.1) is 11.8 Å². The fraction of sp³-hybridized carbons (Fsp3) is 0.111. The fourth-order valence-corrected chi connectivity index (χ4v) is 3.32. The molecule has 132 valence electrons. The summed E-state index contributed by atoms with van der Waals surface area (Å²) in [4.78, 5) is 36.4. The third-order valence-electron chi connectivity index (χ3n) is 3.71. The van der Waals surface area contributed by atoms with Gasteiger partial charge in [0.2, 0.25) is 11.8 Å². The average molecular weight is 369 g/mol. The second kappa shape index (κ2) is 7.83. The summed E-state index contributed by atoms with van der Waals surface area (Å²) < 4.78 is 0. The Morgan fingerprint density at radius 2 is 1.96 bits per heavy atom. The Kier molecular flexibility index (Phi) is 5.33. The summed E-state index contributed by atoms with van der Waals surface area (Å²) in [6, 6.07) is 15.0. The molecule has 0 unspecified atom stereocenters. The maximum Gasteiger partial charge on any atom is 0.271 e. The number of anilines is 1. The highest BCUT2D eigenvalue weighted by molar-refractivity contribution is 8.03. The number of thioether (sulfide) groups is 1. The van der Waals surface area contributed by atoms with Crippen LogP contribution in [0.2, 0.25) is 0 Å². The lowest BCUT2D eigenvalue weighted by Crippen LogP contribution is -2.39. The molecule has 0 saturated carbocycles. The number of nitrogens with zero attached hydrogens (tertiary/aromatic N) is 2. The number of rotatable bonds is 5. The van der Waals surface area contributed by atoms with Crippen molar-refractivity contribution in [3.8, 4) is 0 Å². The second-order valence-corrected chi connectivity index (χ2v) is 6.37. The van der Waals surface area contributed by atoms with E-state index in [-0.39, 0.29) is 23.9 Å². The maximum absolute atomic E-state index is 12.4. The van der Waals surface area contributed by atoms with Gasteiger partial charge in [0, 0.05) is 17.8 Å². The van der Waals surface area contributed by atoms with E-state index in [1.165, 1.54) is 34.9 Å². The third kappa shape index (κ3) is 4.09. The number of hydrogen-bond acceptors (Lipinski definition) is 5. The summed E-state index contributed by atoms with van der Waals surface area (Å²) in [6.45, 7) is -0.164. The molecule has 0 fully saturated rings. The second-order valence-electron chi connectivity index (χ2n) is 5.52. The molecule has 2 amide bonds. The molecule has 1 heterocycles. The molecule has 2 aromatic rings. The molecule has 3 rings (SSSR count). The molecule has 0 aromatic heterocycles. The molecule has 0 radical (unpaired) electrons. The van der Waals surface area contributed by atoms with Gasteiger partial charge in [0.1, 0.15) is 6.54 Å². The van der Waals surface area contributed by atoms with Crippen LogP contribution in [0.25, 0.3) is 5.70 Å². The number of carbonyl (C=O) groups is 2. The standard InChI is InChI=1S/C18H15N3O4S/c22-17(19-14-7-4-8-15(9-14)21(24)25)10-20-16(11-26-12-18(20)23)13-5-2-1-3-6-13/h1-9,11H,10,12H2,(H,19,22). The van der Waals surface area contributed by atoms with E-state index in [2.05, 4.69) is 5.32 Å². The summed E-state index contributed by atoms with van der Waals surface area (Å²) in [5.74, 6) is -0.321. The fourth-order valence-electron chi connectivity index (χ4n) is 2.52. The van der Waals surface area contributed by atoms with Gasteiger partial charge in [-0.05, 0) is 17.0 Å². The van der Waals surface area contributed by atoms with E-state index in [9.17, 15) is 19.7 Å². The first-order chi connectivity index (χ1) is 12.5. The largest absolute Gasteiger partial charge is 0.324 e. The van der Waals surface area contributed by atoms with Crippen molar-refractivity contribution < 1.29 is 14.5 Å². The van der Waals surface area contributed by atoms with Crippen LogP contribution in [0.15, 0.2) is 60.0 Å². The lowest BCUT2D eigenvalue weighted by atomic mass is 10.1. The van der Waals surface area contributed by atoms with Gasteiger partial charge in [-0.1, -0.05) is 36.4 Å². The molecule has 1 aliphatic rings. The van der Waals surface area contributed by atoms with Crippen molar-refractivity contribution in [2.75, 3.05) is 17.6 Å². The Labute approximate surface area is 153 Å². The van der Waals surface area contributed by atoms with Crippen molar-refractivity contribution in [3.05, 3.63) is 75.7 Å². The van der Waals surface area contributed by atoms with Crippen molar-refractivity contribution in [1.29, 1.82) is 0 Å². The SMILES string of the molecule is O=C(CN1C(=O)CSC=C1c1ccccc1)Nc1cccc([N+](=O)[O-])c1. The van der Waals surface area contributed by atoms with Crippen LogP contribution in [-0.2, 0) is 9.59 Å². The van der Waals surface area contributed by atoms with Crippen molar-refractivity contribution in [2.24, 2.45) is 0 Å². The normalized spacial score (nSPS) is 13.9. The topological polar surface area (TPSA) is 92.6 Å². The van der Waals surface area contributed by atoms with Crippen LogP contribution in [0.1, 0.15) is 5.56 Å². The molecule has 0 saturated heterocycles. The van der Waals surface area contributed by atoms with Gasteiger partial charge >= 0.3 is 0 Å². The van der Waals surface area contributed by atoms with Crippen LogP contribution in [0.5, 0.6) is 0 Å². The Morgan fingerprint density at radius 3 is 2.69 bits per heavy atom. The highest BCUT2D eigenvalue weighted by atomic mass is 32.2. The van der Waals surface area contributed by atoms with E-state index in [0.717, 1.165) is 5.56 Å². The molecular formula is C18H15N3O4S. The van der Waals surface area contributed by atoms with Crippen molar-refractivity contribution >= 4 is 40.6 Å². The summed E-state index contributed by atoms with van der Waals surface area (Å²) in [5, 5.41) is 15.3. The molecule has 1 N–H and O–H groups in total. The molecule has 0 atom stereocenters. The van der Waals surface area contributed by atoms with Gasteiger partial charge in [-0.2, -0.15) is 0 Å². The van der Waals surface area contributed by atoms with Gasteiger partial charge < -0.3 is 10.2 Å². The zero-order valence-electron chi connectivity index (χ0n) is 13.6. The zero-order chi connectivity index (χ0) is 18.5. The van der Waals surface area contributed by atoms with Crippen molar-refractivity contribution in [3.63, 3.8) is 0 Å². The smallest absolute Gasteiger partial charge is 0.271 e. The summed E-state index contributed by atoms with van der Waals surface area (Å²) in [5.41, 5.74) is 1.71. The van der Waals surface area contributed by atoms with Crippen molar-refractivity contribution in [2.45, 2.75) is 0 Å². The van der Waals surface area contributed by atoms with Gasteiger partial charge in [0.25, 0.3) is 5.69 Å². The molecule has 2 aromatic carbocycles. The number of amides is 2. The highest BCUT2D eigenvalue weighted by Crippen LogP contribution is 2.28. The van der Waals surface area contributed by atoms with Gasteiger partial charge in [-0.25, -0.2) is 0 Å². The van der Waals surface area contributed by atoms with Crippen LogP contribution in [-0.4, -0.2) is 33.9 Å². The Balaban J connectivity index is 1.75. The number of hydrogen-bond donors (Lipinski definition) is 1. The van der Waals surface area contributed by atoms with E-state index in [1.54, 1.807) is 6.07 Å². The Bertz CT molecular complexity index is 883. The molecule has 0 spiro atoms. The van der Waals surface area contributed by atoms with E-state index >= 15 is 0 Å². The van der Waals surface area contributed by atoms with E-state index in [1.807, 2.05) is 35.7 Å². The van der Waals surface area contributed by atoms with Crippen LogP contribution in [0.4, 0.5) is 11.4 Å². The van der Waals surface area contributed by atoms with E-state index in [4.69, 9.17) is 0 Å². The molecule has 8 heteroatoms. The predicted octanol–water partition coefficient (Wildman–Crippen LogP) is 3.11. The molecule has 0 aliphatic carbocycles. The average Bonchev–Trinajstić information content (AvgIpc) is 2.64. The zero-order valence-corrected chi connectivity index (χ0v) is 14.4. The van der Waals surface area contributed by atoms with Crippen LogP contribution >= 0.6 is 11.8 Å². The predicted molar refractivity (Wildman–Crippen MR) is 100 cm³/mol. The first kappa shape index (κ1) is 17.7. The number of non-ortho nitro benzene ring substituents is 1.